The summed E-state index contributed by atoms with van der Waals surface area (Å²) < 4.78 is 28.5. The van der Waals surface area contributed by atoms with Gasteiger partial charge in [-0.3, -0.25) is 9.55 Å². The van der Waals surface area contributed by atoms with Crippen LogP contribution in [0, 0.1) is 0 Å². The molecule has 0 aliphatic carbocycles. The van der Waals surface area contributed by atoms with Gasteiger partial charge in [-0.15, -0.1) is 0 Å². The standard InChI is InChI=1S/2C4H6N2.C3H4N2O3S/c1-4-2-5-3-6-4;1-4-2-3-5-6-4;6-9(7,8)3-4-1-2-5-3/h2*3H,2H2,1H3;1H,2H2,(H,6,7,8). The van der Waals surface area contributed by atoms with E-state index in [1.807, 2.05) is 13.8 Å². The van der Waals surface area contributed by atoms with Crippen molar-refractivity contribution in [2.45, 2.75) is 20.3 Å². The summed E-state index contributed by atoms with van der Waals surface area (Å²) in [6, 6.07) is 0. The highest BCUT2D eigenvalue weighted by atomic mass is 32.2. The first-order valence-electron chi connectivity index (χ1n) is 6.00. The van der Waals surface area contributed by atoms with Crippen LogP contribution in [0.1, 0.15) is 20.3 Å². The highest BCUT2D eigenvalue weighted by Crippen LogP contribution is 1.95. The van der Waals surface area contributed by atoms with E-state index < -0.39 is 15.3 Å². The SMILES string of the molecule is CC1=NC=NC1.CC1=NN=CC1.O=S(=O)(O)C1=NCC=N1. The molecule has 0 saturated carbocycles. The predicted molar refractivity (Wildman–Crippen MR) is 85.0 cm³/mol. The lowest BCUT2D eigenvalue weighted by molar-refractivity contribution is 0.498. The average Bonchev–Trinajstić information content (AvgIpc) is 3.10. The number of aliphatic imine (C=N–C) groups is 4. The van der Waals surface area contributed by atoms with Crippen molar-refractivity contribution in [1.82, 2.24) is 0 Å². The number of nitrogens with zero attached hydrogens (tertiary/aromatic N) is 6. The summed E-state index contributed by atoms with van der Waals surface area (Å²) in [6.45, 7) is 4.97. The topological polar surface area (TPSA) is 129 Å². The second kappa shape index (κ2) is 8.27. The van der Waals surface area contributed by atoms with E-state index >= 15 is 0 Å². The van der Waals surface area contributed by atoms with E-state index in [1.165, 1.54) is 6.21 Å². The zero-order valence-electron chi connectivity index (χ0n) is 11.7. The minimum Gasteiger partial charge on any atom is -0.279 e. The molecule has 0 unspecified atom stereocenters. The van der Waals surface area contributed by atoms with E-state index in [0.717, 1.165) is 24.4 Å². The molecule has 0 radical (unpaired) electrons. The molecule has 9 nitrogen and oxygen atoms in total. The summed E-state index contributed by atoms with van der Waals surface area (Å²) in [5.74, 6) is 0. The van der Waals surface area contributed by atoms with Crippen molar-refractivity contribution in [2.75, 3.05) is 13.1 Å². The van der Waals surface area contributed by atoms with Gasteiger partial charge in [0.1, 0.15) is 6.34 Å². The molecule has 3 rings (SSSR count). The molecule has 0 spiro atoms. The van der Waals surface area contributed by atoms with Crippen LogP contribution in [0.5, 0.6) is 0 Å². The van der Waals surface area contributed by atoms with Crippen LogP contribution in [0.15, 0.2) is 30.2 Å². The molecule has 10 heteroatoms. The Morgan fingerprint density at radius 2 is 1.95 bits per heavy atom. The molecule has 3 aliphatic rings. The molecular formula is C11H16N6O3S. The van der Waals surface area contributed by atoms with Gasteiger partial charge in [0.15, 0.2) is 0 Å². The predicted octanol–water partition coefficient (Wildman–Crippen LogP) is 0.641. The molecule has 1 N–H and O–H groups in total. The fourth-order valence-corrected chi connectivity index (χ4v) is 1.58. The van der Waals surface area contributed by atoms with E-state index in [0.29, 0.717) is 0 Å². The largest absolute Gasteiger partial charge is 0.330 e. The van der Waals surface area contributed by atoms with E-state index in [2.05, 4.69) is 30.2 Å². The van der Waals surface area contributed by atoms with Crippen molar-refractivity contribution in [3.63, 3.8) is 0 Å². The van der Waals surface area contributed by atoms with Crippen LogP contribution >= 0.6 is 0 Å². The Morgan fingerprint density at radius 3 is 2.14 bits per heavy atom. The van der Waals surface area contributed by atoms with Crippen molar-refractivity contribution in [3.05, 3.63) is 0 Å². The van der Waals surface area contributed by atoms with E-state index in [4.69, 9.17) is 4.55 Å². The van der Waals surface area contributed by atoms with Crippen molar-refractivity contribution in [1.29, 1.82) is 0 Å². The van der Waals surface area contributed by atoms with E-state index in [-0.39, 0.29) is 6.54 Å². The van der Waals surface area contributed by atoms with Crippen LogP contribution in [0.4, 0.5) is 0 Å². The molecule has 3 aliphatic heterocycles. The summed E-state index contributed by atoms with van der Waals surface area (Å²) >= 11 is 0. The molecule has 0 aromatic carbocycles. The Bertz CT molecular complexity index is 615. The van der Waals surface area contributed by atoms with Gasteiger partial charge in [0.05, 0.1) is 13.1 Å². The zero-order chi connectivity index (χ0) is 15.7. The van der Waals surface area contributed by atoms with Gasteiger partial charge < -0.3 is 0 Å². The van der Waals surface area contributed by atoms with Crippen molar-refractivity contribution in [3.8, 4) is 0 Å². The maximum absolute atomic E-state index is 10.1. The van der Waals surface area contributed by atoms with Crippen LogP contribution in [-0.4, -0.2) is 61.4 Å². The van der Waals surface area contributed by atoms with E-state index in [1.54, 1.807) is 12.6 Å². The van der Waals surface area contributed by atoms with Gasteiger partial charge in [0.25, 0.3) is 5.17 Å². The third kappa shape index (κ3) is 7.32. The lowest BCUT2D eigenvalue weighted by Crippen LogP contribution is -2.08. The lowest BCUT2D eigenvalue weighted by atomic mass is 10.3. The van der Waals surface area contributed by atoms with Gasteiger partial charge in [-0.1, -0.05) is 0 Å². The van der Waals surface area contributed by atoms with Gasteiger partial charge in [0.2, 0.25) is 0 Å². The first-order valence-corrected chi connectivity index (χ1v) is 7.44. The first kappa shape index (κ1) is 17.0. The number of rotatable bonds is 0. The molecular weight excluding hydrogens is 296 g/mol. The molecule has 0 aromatic rings. The molecule has 0 atom stereocenters. The fourth-order valence-electron chi connectivity index (χ4n) is 1.13. The van der Waals surface area contributed by atoms with Crippen LogP contribution in [0.3, 0.4) is 0 Å². The molecule has 0 saturated heterocycles. The third-order valence-electron chi connectivity index (χ3n) is 2.12. The van der Waals surface area contributed by atoms with Crippen LogP contribution in [0.2, 0.25) is 0 Å². The Labute approximate surface area is 122 Å². The minimum absolute atomic E-state index is 0.231. The monoisotopic (exact) mass is 312 g/mol. The lowest BCUT2D eigenvalue weighted by Gasteiger charge is -1.86. The van der Waals surface area contributed by atoms with Crippen molar-refractivity contribution < 1.29 is 13.0 Å². The summed E-state index contributed by atoms with van der Waals surface area (Å²) in [6.07, 6.45) is 5.65. The number of amidine groups is 1. The zero-order valence-corrected chi connectivity index (χ0v) is 12.5. The summed E-state index contributed by atoms with van der Waals surface area (Å²) in [5, 5.41) is 6.85. The first-order chi connectivity index (χ1) is 9.89. The van der Waals surface area contributed by atoms with Crippen LogP contribution < -0.4 is 0 Å². The van der Waals surface area contributed by atoms with Gasteiger partial charge in [0, 0.05) is 30.3 Å². The quantitative estimate of drug-likeness (QED) is 0.659. The summed E-state index contributed by atoms with van der Waals surface area (Å²) in [4.78, 5) is 14.4. The van der Waals surface area contributed by atoms with Crippen molar-refractivity contribution in [2.24, 2.45) is 30.2 Å². The van der Waals surface area contributed by atoms with Crippen LogP contribution in [0.25, 0.3) is 0 Å². The second-order valence-corrected chi connectivity index (χ2v) is 5.38. The van der Waals surface area contributed by atoms with Gasteiger partial charge in [-0.25, -0.2) is 15.0 Å². The number of hydrogen-bond donors (Lipinski definition) is 1. The molecule has 0 fully saturated rings. The summed E-state index contributed by atoms with van der Waals surface area (Å²) in [7, 11) is -4.15. The van der Waals surface area contributed by atoms with Crippen LogP contribution in [-0.2, 0) is 10.1 Å². The Hall–Kier alpha value is -2.07. The molecule has 0 bridgehead atoms. The normalized spacial score (nSPS) is 18.3. The smallest absolute Gasteiger partial charge is 0.279 e. The summed E-state index contributed by atoms with van der Waals surface area (Å²) in [5.41, 5.74) is 2.21. The van der Waals surface area contributed by atoms with Gasteiger partial charge in [-0.2, -0.15) is 18.6 Å². The molecule has 0 amide bonds. The Morgan fingerprint density at radius 1 is 1.19 bits per heavy atom. The molecule has 0 aromatic heterocycles. The highest BCUT2D eigenvalue weighted by Gasteiger charge is 2.15. The van der Waals surface area contributed by atoms with Gasteiger partial charge >= 0.3 is 10.1 Å². The highest BCUT2D eigenvalue weighted by molar-refractivity contribution is 8.01. The molecule has 3 heterocycles. The molecule has 114 valence electrons. The van der Waals surface area contributed by atoms with Crippen molar-refractivity contribution >= 4 is 45.5 Å². The maximum atomic E-state index is 10.1. The second-order valence-electron chi connectivity index (χ2n) is 4.07. The fraction of sp³-hybridized carbons (Fsp3) is 0.455. The average molecular weight is 312 g/mol. The third-order valence-corrected chi connectivity index (χ3v) is 2.81. The van der Waals surface area contributed by atoms with E-state index in [9.17, 15) is 8.42 Å². The number of hydrogen-bond acceptors (Lipinski definition) is 8. The molecule has 21 heavy (non-hydrogen) atoms. The Kier molecular flexibility index (Phi) is 6.69. The maximum Gasteiger partial charge on any atom is 0.330 e. The van der Waals surface area contributed by atoms with Gasteiger partial charge in [-0.05, 0) is 13.8 Å². The Balaban J connectivity index is 0.000000163. The minimum atomic E-state index is -4.15.